The van der Waals surface area contributed by atoms with Crippen molar-refractivity contribution >= 4 is 23.7 Å². The molecule has 0 spiro atoms. The Morgan fingerprint density at radius 1 is 1.00 bits per heavy atom. The van der Waals surface area contributed by atoms with Crippen LogP contribution in [-0.2, 0) is 14.1 Å². The fraction of sp³-hybridized carbons (Fsp3) is 0.500. The van der Waals surface area contributed by atoms with Gasteiger partial charge < -0.3 is 18.8 Å². The molecule has 0 saturated heterocycles. The Hall–Kier alpha value is -2.26. The van der Waals surface area contributed by atoms with Crippen molar-refractivity contribution in [3.8, 4) is 11.5 Å². The van der Waals surface area contributed by atoms with Gasteiger partial charge >= 0.3 is 5.97 Å². The monoisotopic (exact) mass is 458 g/mol. The van der Waals surface area contributed by atoms with Crippen LogP contribution in [0.5, 0.6) is 11.5 Å². The second-order valence-electron chi connectivity index (χ2n) is 9.10. The maximum atomic E-state index is 14.6. The third-order valence-electron chi connectivity index (χ3n) is 6.53. The van der Waals surface area contributed by atoms with Gasteiger partial charge in [-0.2, -0.15) is 0 Å². The zero-order valence-corrected chi connectivity index (χ0v) is 20.6. The highest BCUT2D eigenvalue weighted by molar-refractivity contribution is 7.79. The molecule has 32 heavy (non-hydrogen) atoms. The average Bonchev–Trinajstić information content (AvgIpc) is 2.78. The lowest BCUT2D eigenvalue weighted by molar-refractivity contribution is -0.152. The number of hydrogen-bond donors (Lipinski definition) is 0. The molecule has 1 aliphatic rings. The first-order chi connectivity index (χ1) is 15.3. The lowest BCUT2D eigenvalue weighted by atomic mass is 9.75. The molecule has 3 rings (SSSR count). The molecular weight excluding hydrogens is 423 g/mol. The molecule has 2 aromatic rings. The predicted molar refractivity (Wildman–Crippen MR) is 129 cm³/mol. The Kier molecular flexibility index (Phi) is 8.05. The first kappa shape index (κ1) is 24.4. The van der Waals surface area contributed by atoms with Gasteiger partial charge in [-0.1, -0.05) is 63.6 Å². The SMILES string of the molecule is COc1cccc(OC)c1[P@](=O)(CC(=O)O[C@@H]1C[C@H](C)CC[C@H]1C(C)C)c1ccccc1. The molecular formula is C26H35O5P. The molecule has 1 fully saturated rings. The van der Waals surface area contributed by atoms with E-state index in [1.165, 1.54) is 14.2 Å². The summed E-state index contributed by atoms with van der Waals surface area (Å²) in [6.45, 7) is 6.55. The summed E-state index contributed by atoms with van der Waals surface area (Å²) >= 11 is 0. The number of esters is 1. The second-order valence-corrected chi connectivity index (χ2v) is 11.9. The van der Waals surface area contributed by atoms with E-state index < -0.39 is 13.1 Å². The molecule has 5 nitrogen and oxygen atoms in total. The lowest BCUT2D eigenvalue weighted by Crippen LogP contribution is -2.37. The summed E-state index contributed by atoms with van der Waals surface area (Å²) in [5.41, 5.74) is 0. The van der Waals surface area contributed by atoms with Crippen LogP contribution < -0.4 is 20.1 Å². The first-order valence-corrected chi connectivity index (χ1v) is 13.2. The van der Waals surface area contributed by atoms with Crippen molar-refractivity contribution in [2.45, 2.75) is 46.1 Å². The molecule has 1 saturated carbocycles. The van der Waals surface area contributed by atoms with Crippen molar-refractivity contribution < 1.29 is 23.6 Å². The summed E-state index contributed by atoms with van der Waals surface area (Å²) in [5, 5.41) is 1.00. The Labute approximate surface area is 191 Å². The predicted octanol–water partition coefficient (Wildman–Crippen LogP) is 5.02. The van der Waals surface area contributed by atoms with Gasteiger partial charge in [0, 0.05) is 5.30 Å². The van der Waals surface area contributed by atoms with E-state index in [1.54, 1.807) is 30.3 Å². The maximum absolute atomic E-state index is 14.6. The Morgan fingerprint density at radius 2 is 1.62 bits per heavy atom. The Balaban J connectivity index is 1.98. The van der Waals surface area contributed by atoms with Gasteiger partial charge in [0.2, 0.25) is 0 Å². The van der Waals surface area contributed by atoms with E-state index in [4.69, 9.17) is 14.2 Å². The van der Waals surface area contributed by atoms with Gasteiger partial charge in [0.05, 0.1) is 14.2 Å². The number of carbonyl (C=O) groups excluding carboxylic acids is 1. The minimum absolute atomic E-state index is 0.143. The lowest BCUT2D eigenvalue weighted by Gasteiger charge is -2.37. The summed E-state index contributed by atoms with van der Waals surface area (Å²) in [6.07, 6.45) is 2.67. The molecule has 1 aliphatic carbocycles. The van der Waals surface area contributed by atoms with Crippen molar-refractivity contribution in [1.29, 1.82) is 0 Å². The van der Waals surface area contributed by atoms with Crippen molar-refractivity contribution in [1.82, 2.24) is 0 Å². The number of hydrogen-bond acceptors (Lipinski definition) is 5. The molecule has 0 bridgehead atoms. The topological polar surface area (TPSA) is 61.8 Å². The van der Waals surface area contributed by atoms with E-state index in [0.29, 0.717) is 39.9 Å². The van der Waals surface area contributed by atoms with Gasteiger partial charge in [-0.05, 0) is 42.7 Å². The smallest absolute Gasteiger partial charge is 0.314 e. The van der Waals surface area contributed by atoms with E-state index in [0.717, 1.165) is 19.3 Å². The Bertz CT molecular complexity index is 934. The average molecular weight is 459 g/mol. The van der Waals surface area contributed by atoms with Crippen molar-refractivity contribution in [3.63, 3.8) is 0 Å². The number of benzene rings is 2. The minimum atomic E-state index is -3.44. The van der Waals surface area contributed by atoms with E-state index in [-0.39, 0.29) is 12.3 Å². The Morgan fingerprint density at radius 3 is 2.19 bits per heavy atom. The van der Waals surface area contributed by atoms with Crippen molar-refractivity contribution in [2.75, 3.05) is 20.4 Å². The molecule has 0 radical (unpaired) electrons. The summed E-state index contributed by atoms with van der Waals surface area (Å²) in [6, 6.07) is 14.4. The van der Waals surface area contributed by atoms with Crippen LogP contribution in [-0.4, -0.2) is 32.5 Å². The fourth-order valence-corrected chi connectivity index (χ4v) is 7.53. The van der Waals surface area contributed by atoms with Crippen LogP contribution in [0.1, 0.15) is 40.0 Å². The molecule has 0 amide bonds. The molecule has 0 unspecified atom stereocenters. The minimum Gasteiger partial charge on any atom is -0.496 e. The number of ether oxygens (including phenoxy) is 3. The highest BCUT2D eigenvalue weighted by atomic mass is 31.2. The van der Waals surface area contributed by atoms with Crippen LogP contribution in [0.25, 0.3) is 0 Å². The molecule has 174 valence electrons. The molecule has 0 aromatic heterocycles. The third kappa shape index (κ3) is 5.20. The van der Waals surface area contributed by atoms with Gasteiger partial charge in [0.25, 0.3) is 0 Å². The van der Waals surface area contributed by atoms with E-state index in [2.05, 4.69) is 20.8 Å². The zero-order chi connectivity index (χ0) is 23.3. The van der Waals surface area contributed by atoms with Crippen molar-refractivity contribution in [3.05, 3.63) is 48.5 Å². The number of methoxy groups -OCH3 is 2. The number of rotatable bonds is 8. The second kappa shape index (κ2) is 10.6. The van der Waals surface area contributed by atoms with Gasteiger partial charge in [0.15, 0.2) is 7.14 Å². The third-order valence-corrected chi connectivity index (χ3v) is 9.53. The highest BCUT2D eigenvalue weighted by Gasteiger charge is 2.39. The summed E-state index contributed by atoms with van der Waals surface area (Å²) < 4.78 is 31.8. The van der Waals surface area contributed by atoms with E-state index >= 15 is 0 Å². The molecule has 2 aromatic carbocycles. The standard InChI is InChI=1S/C26H35O5P/c1-18(2)21-15-14-19(3)16-24(21)31-25(27)17-32(28,20-10-7-6-8-11-20)26-22(29-4)12-9-13-23(26)30-5/h6-13,18-19,21,24H,14-17H2,1-5H3/t19-,21+,24-,32+/m1/s1. The first-order valence-electron chi connectivity index (χ1n) is 11.4. The summed E-state index contributed by atoms with van der Waals surface area (Å²) in [5.74, 6) is 1.71. The highest BCUT2D eigenvalue weighted by Crippen LogP contribution is 2.49. The van der Waals surface area contributed by atoms with Crippen molar-refractivity contribution in [2.24, 2.45) is 17.8 Å². The van der Waals surface area contributed by atoms with Gasteiger partial charge in [-0.3, -0.25) is 4.79 Å². The van der Waals surface area contributed by atoms with Crippen LogP contribution in [0.2, 0.25) is 0 Å². The maximum Gasteiger partial charge on any atom is 0.314 e. The largest absolute Gasteiger partial charge is 0.496 e. The number of carbonyl (C=O) groups is 1. The van der Waals surface area contributed by atoms with E-state index in [1.807, 2.05) is 18.2 Å². The van der Waals surface area contributed by atoms with Crippen LogP contribution in [0.15, 0.2) is 48.5 Å². The van der Waals surface area contributed by atoms with Gasteiger partial charge in [-0.15, -0.1) is 0 Å². The van der Waals surface area contributed by atoms with Crippen LogP contribution in [0.4, 0.5) is 0 Å². The summed E-state index contributed by atoms with van der Waals surface area (Å²) in [4.78, 5) is 13.3. The summed E-state index contributed by atoms with van der Waals surface area (Å²) in [7, 11) is -0.379. The van der Waals surface area contributed by atoms with E-state index in [9.17, 15) is 9.36 Å². The molecule has 0 N–H and O–H groups in total. The van der Waals surface area contributed by atoms with Gasteiger partial charge in [0.1, 0.15) is 29.1 Å². The normalized spacial score (nSPS) is 22.8. The zero-order valence-electron chi connectivity index (χ0n) is 19.7. The molecule has 0 heterocycles. The fourth-order valence-electron chi connectivity index (χ4n) is 4.79. The molecule has 0 aliphatic heterocycles. The van der Waals surface area contributed by atoms with Gasteiger partial charge in [-0.25, -0.2) is 0 Å². The molecule has 6 heteroatoms. The molecule has 4 atom stereocenters. The van der Waals surface area contributed by atoms with Crippen LogP contribution >= 0.6 is 7.14 Å². The quantitative estimate of drug-likeness (QED) is 0.411. The van der Waals surface area contributed by atoms with Crippen LogP contribution in [0, 0.1) is 17.8 Å². The van der Waals surface area contributed by atoms with Crippen LogP contribution in [0.3, 0.4) is 0 Å².